The second-order valence-corrected chi connectivity index (χ2v) is 5.12. The molecule has 0 spiro atoms. The van der Waals surface area contributed by atoms with Crippen LogP contribution in [-0.4, -0.2) is 17.9 Å². The van der Waals surface area contributed by atoms with Gasteiger partial charge in [0.05, 0.1) is 23.8 Å². The second-order valence-electron chi connectivity index (χ2n) is 5.12. The molecule has 0 aliphatic rings. The molecule has 2 aromatic carbocycles. The van der Waals surface area contributed by atoms with E-state index in [0.29, 0.717) is 12.2 Å². The van der Waals surface area contributed by atoms with E-state index in [4.69, 9.17) is 4.74 Å². The minimum absolute atomic E-state index is 0.127. The average Bonchev–Trinajstić information content (AvgIpc) is 2.67. The zero-order chi connectivity index (χ0) is 18.9. The van der Waals surface area contributed by atoms with Crippen LogP contribution in [0, 0.1) is 21.4 Å². The number of nitro groups is 1. The first-order chi connectivity index (χ1) is 12.5. The highest BCUT2D eigenvalue weighted by Gasteiger charge is 2.12. The molecule has 0 radical (unpaired) electrons. The van der Waals surface area contributed by atoms with Crippen LogP contribution in [0.25, 0.3) is 0 Å². The number of nitriles is 1. The Balaban J connectivity index is 2.08. The van der Waals surface area contributed by atoms with Crippen molar-refractivity contribution in [2.24, 2.45) is 0 Å². The molecule has 0 aromatic heterocycles. The number of benzene rings is 2. The van der Waals surface area contributed by atoms with Crippen molar-refractivity contribution in [2.45, 2.75) is 6.54 Å². The van der Waals surface area contributed by atoms with Crippen LogP contribution in [-0.2, 0) is 11.3 Å². The number of rotatable bonds is 7. The molecule has 0 aliphatic heterocycles. The minimum Gasteiger partial charge on any atom is -0.494 e. The monoisotopic (exact) mass is 352 g/mol. The Kier molecular flexibility index (Phi) is 6.28. The van der Waals surface area contributed by atoms with E-state index in [1.807, 2.05) is 36.4 Å². The predicted octanol–water partition coefficient (Wildman–Crippen LogP) is 2.74. The summed E-state index contributed by atoms with van der Waals surface area (Å²) in [6.45, 7) is 0.291. The number of nitrogens with one attached hydrogen (secondary N) is 2. The van der Waals surface area contributed by atoms with Crippen molar-refractivity contribution in [3.63, 3.8) is 0 Å². The molecule has 0 saturated heterocycles. The third-order valence-electron chi connectivity index (χ3n) is 3.43. The van der Waals surface area contributed by atoms with Crippen LogP contribution in [0.4, 0.5) is 11.4 Å². The van der Waals surface area contributed by atoms with E-state index in [1.165, 1.54) is 31.5 Å². The highest BCUT2D eigenvalue weighted by atomic mass is 16.6. The van der Waals surface area contributed by atoms with Crippen LogP contribution in [0.1, 0.15) is 5.56 Å². The molecule has 132 valence electrons. The zero-order valence-corrected chi connectivity index (χ0v) is 13.9. The largest absolute Gasteiger partial charge is 0.494 e. The molecule has 0 bridgehead atoms. The molecule has 0 atom stereocenters. The van der Waals surface area contributed by atoms with E-state index in [0.717, 1.165) is 5.56 Å². The lowest BCUT2D eigenvalue weighted by atomic mass is 10.2. The van der Waals surface area contributed by atoms with Crippen LogP contribution in [0.2, 0.25) is 0 Å². The van der Waals surface area contributed by atoms with Gasteiger partial charge in [-0.15, -0.1) is 0 Å². The molecule has 8 nitrogen and oxygen atoms in total. The number of carbonyl (C=O) groups excluding carboxylic acids is 1. The molecule has 0 heterocycles. The van der Waals surface area contributed by atoms with Crippen LogP contribution in [0.5, 0.6) is 5.75 Å². The SMILES string of the molecule is COc1cc([N+](=O)[O-])ccc1N/C=C(/C#N)C(=O)NCc1ccccc1. The number of amides is 1. The first-order valence-corrected chi connectivity index (χ1v) is 7.56. The number of hydrogen-bond donors (Lipinski definition) is 2. The number of nitrogens with zero attached hydrogens (tertiary/aromatic N) is 2. The van der Waals surface area contributed by atoms with Crippen molar-refractivity contribution in [1.82, 2.24) is 5.32 Å². The number of ether oxygens (including phenoxy) is 1. The number of non-ortho nitro benzene ring substituents is 1. The van der Waals surface area contributed by atoms with Gasteiger partial charge in [-0.05, 0) is 11.6 Å². The fraction of sp³-hybridized carbons (Fsp3) is 0.111. The normalized spacial score (nSPS) is 10.5. The van der Waals surface area contributed by atoms with Gasteiger partial charge in [0.25, 0.3) is 11.6 Å². The maximum Gasteiger partial charge on any atom is 0.273 e. The summed E-state index contributed by atoms with van der Waals surface area (Å²) in [6.07, 6.45) is 1.23. The molecule has 0 saturated carbocycles. The van der Waals surface area contributed by atoms with Crippen LogP contribution in [0.15, 0.2) is 60.3 Å². The fourth-order valence-electron chi connectivity index (χ4n) is 2.08. The molecule has 1 amide bonds. The van der Waals surface area contributed by atoms with Gasteiger partial charge in [-0.3, -0.25) is 14.9 Å². The maximum absolute atomic E-state index is 12.1. The Morgan fingerprint density at radius 1 is 1.31 bits per heavy atom. The summed E-state index contributed by atoms with van der Waals surface area (Å²) in [5.74, 6) is -0.317. The summed E-state index contributed by atoms with van der Waals surface area (Å²) in [4.78, 5) is 22.4. The van der Waals surface area contributed by atoms with E-state index in [2.05, 4.69) is 10.6 Å². The van der Waals surface area contributed by atoms with Crippen LogP contribution in [0.3, 0.4) is 0 Å². The lowest BCUT2D eigenvalue weighted by molar-refractivity contribution is -0.384. The smallest absolute Gasteiger partial charge is 0.273 e. The second kappa shape index (κ2) is 8.84. The van der Waals surface area contributed by atoms with Crippen molar-refractivity contribution in [3.8, 4) is 11.8 Å². The van der Waals surface area contributed by atoms with Crippen LogP contribution >= 0.6 is 0 Å². The Hall–Kier alpha value is -3.86. The Labute approximate surface area is 149 Å². The van der Waals surface area contributed by atoms with Gasteiger partial charge in [0.15, 0.2) is 0 Å². The van der Waals surface area contributed by atoms with Gasteiger partial charge in [0, 0.05) is 18.8 Å². The highest BCUT2D eigenvalue weighted by Crippen LogP contribution is 2.29. The molecular formula is C18H16N4O4. The first kappa shape index (κ1) is 18.5. The van der Waals surface area contributed by atoms with Crippen molar-refractivity contribution >= 4 is 17.3 Å². The van der Waals surface area contributed by atoms with E-state index >= 15 is 0 Å². The van der Waals surface area contributed by atoms with Gasteiger partial charge in [-0.1, -0.05) is 30.3 Å². The summed E-state index contributed by atoms with van der Waals surface area (Å²) in [7, 11) is 1.37. The van der Waals surface area contributed by atoms with Gasteiger partial charge >= 0.3 is 0 Å². The zero-order valence-electron chi connectivity index (χ0n) is 13.9. The topological polar surface area (TPSA) is 117 Å². The summed E-state index contributed by atoms with van der Waals surface area (Å²) in [6, 6.07) is 15.1. The molecule has 0 aliphatic carbocycles. The number of nitro benzene ring substituents is 1. The van der Waals surface area contributed by atoms with Gasteiger partial charge in [0.2, 0.25) is 0 Å². The Morgan fingerprint density at radius 3 is 2.65 bits per heavy atom. The Bertz CT molecular complexity index is 873. The van der Waals surface area contributed by atoms with Gasteiger partial charge in [-0.2, -0.15) is 5.26 Å². The summed E-state index contributed by atoms with van der Waals surface area (Å²) in [5.41, 5.74) is 1.03. The molecular weight excluding hydrogens is 336 g/mol. The average molecular weight is 352 g/mol. The van der Waals surface area contributed by atoms with E-state index < -0.39 is 10.8 Å². The van der Waals surface area contributed by atoms with Gasteiger partial charge in [0.1, 0.15) is 17.4 Å². The Morgan fingerprint density at radius 2 is 2.04 bits per heavy atom. The first-order valence-electron chi connectivity index (χ1n) is 7.56. The number of methoxy groups -OCH3 is 1. The highest BCUT2D eigenvalue weighted by molar-refractivity contribution is 5.97. The van der Waals surface area contributed by atoms with Crippen molar-refractivity contribution in [1.29, 1.82) is 5.26 Å². The molecule has 2 aromatic rings. The summed E-state index contributed by atoms with van der Waals surface area (Å²) >= 11 is 0. The lowest BCUT2D eigenvalue weighted by Gasteiger charge is -2.09. The van der Waals surface area contributed by atoms with E-state index in [9.17, 15) is 20.2 Å². The minimum atomic E-state index is -0.542. The summed E-state index contributed by atoms with van der Waals surface area (Å²) < 4.78 is 5.09. The standard InChI is InChI=1S/C18H16N4O4/c1-26-17-9-15(22(24)25)7-8-16(17)20-12-14(10-19)18(23)21-11-13-5-3-2-4-6-13/h2-9,12,20H,11H2,1H3,(H,21,23)/b14-12-. The van der Waals surface area contributed by atoms with Crippen molar-refractivity contribution in [2.75, 3.05) is 12.4 Å². The molecule has 2 N–H and O–H groups in total. The molecule has 0 unspecified atom stereocenters. The van der Waals surface area contributed by atoms with Gasteiger partial charge in [-0.25, -0.2) is 0 Å². The number of carbonyl (C=O) groups is 1. The van der Waals surface area contributed by atoms with Crippen molar-refractivity contribution in [3.05, 3.63) is 76.0 Å². The number of hydrogen-bond acceptors (Lipinski definition) is 6. The van der Waals surface area contributed by atoms with Crippen LogP contribution < -0.4 is 15.4 Å². The molecule has 26 heavy (non-hydrogen) atoms. The fourth-order valence-corrected chi connectivity index (χ4v) is 2.08. The lowest BCUT2D eigenvalue weighted by Crippen LogP contribution is -2.24. The molecule has 8 heteroatoms. The quantitative estimate of drug-likeness (QED) is 0.342. The van der Waals surface area contributed by atoms with E-state index in [-0.39, 0.29) is 17.0 Å². The van der Waals surface area contributed by atoms with Gasteiger partial charge < -0.3 is 15.4 Å². The predicted molar refractivity (Wildman–Crippen MR) is 95.3 cm³/mol. The summed E-state index contributed by atoms with van der Waals surface area (Å²) in [5, 5.41) is 25.4. The third kappa shape index (κ3) is 4.82. The maximum atomic E-state index is 12.1. The van der Waals surface area contributed by atoms with E-state index in [1.54, 1.807) is 0 Å². The molecule has 2 rings (SSSR count). The third-order valence-corrected chi connectivity index (χ3v) is 3.43. The number of anilines is 1. The van der Waals surface area contributed by atoms with Crippen molar-refractivity contribution < 1.29 is 14.5 Å². The molecule has 0 fully saturated rings.